The predicted octanol–water partition coefficient (Wildman–Crippen LogP) is 2.70. The molecule has 1 fully saturated rings. The first-order chi connectivity index (χ1) is 11.1. The Balaban J connectivity index is 0.00000576. The quantitative estimate of drug-likeness (QED) is 0.279. The molecule has 0 aliphatic heterocycles. The summed E-state index contributed by atoms with van der Waals surface area (Å²) >= 11 is 0. The number of hydrogen-bond donors (Lipinski definition) is 3. The van der Waals surface area contributed by atoms with Crippen molar-refractivity contribution in [2.24, 2.45) is 16.8 Å². The maximum atomic E-state index is 11.4. The van der Waals surface area contributed by atoms with E-state index in [1.165, 1.54) is 38.4 Å². The SMILES string of the molecule is CCNC(=NCC(C)(C)NS(C)(=O)=O)NCCC1CCCC(C)C1.I. The summed E-state index contributed by atoms with van der Waals surface area (Å²) in [5, 5.41) is 6.61. The molecule has 0 aromatic rings. The van der Waals surface area contributed by atoms with Gasteiger partial charge in [0.2, 0.25) is 10.0 Å². The van der Waals surface area contributed by atoms with Gasteiger partial charge in [-0.25, -0.2) is 13.1 Å². The van der Waals surface area contributed by atoms with Gasteiger partial charge < -0.3 is 10.6 Å². The van der Waals surface area contributed by atoms with Gasteiger partial charge in [0.1, 0.15) is 0 Å². The zero-order valence-electron chi connectivity index (χ0n) is 16.4. The summed E-state index contributed by atoms with van der Waals surface area (Å²) in [6.45, 7) is 10.1. The molecular formula is C17H37IN4O2S. The predicted molar refractivity (Wildman–Crippen MR) is 117 cm³/mol. The van der Waals surface area contributed by atoms with E-state index in [4.69, 9.17) is 0 Å². The summed E-state index contributed by atoms with van der Waals surface area (Å²) in [7, 11) is -3.24. The fourth-order valence-electron chi connectivity index (χ4n) is 3.37. The van der Waals surface area contributed by atoms with Crippen molar-refractivity contribution in [2.75, 3.05) is 25.9 Å². The zero-order valence-corrected chi connectivity index (χ0v) is 19.5. The first-order valence-electron chi connectivity index (χ1n) is 9.12. The number of nitrogens with one attached hydrogen (secondary N) is 3. The Morgan fingerprint density at radius 3 is 2.48 bits per heavy atom. The van der Waals surface area contributed by atoms with Crippen LogP contribution in [0.4, 0.5) is 0 Å². The van der Waals surface area contributed by atoms with Gasteiger partial charge in [0.15, 0.2) is 5.96 Å². The van der Waals surface area contributed by atoms with E-state index in [0.717, 1.165) is 30.9 Å². The molecule has 2 unspecified atom stereocenters. The molecule has 0 bridgehead atoms. The zero-order chi connectivity index (χ0) is 18.2. The number of nitrogens with zero attached hydrogens (tertiary/aromatic N) is 1. The lowest BCUT2D eigenvalue weighted by atomic mass is 9.81. The Bertz CT molecular complexity index is 509. The molecule has 1 rings (SSSR count). The van der Waals surface area contributed by atoms with Crippen molar-refractivity contribution >= 4 is 40.0 Å². The minimum atomic E-state index is -3.24. The van der Waals surface area contributed by atoms with Crippen LogP contribution in [0.5, 0.6) is 0 Å². The van der Waals surface area contributed by atoms with Crippen LogP contribution in [0.1, 0.15) is 59.8 Å². The molecule has 0 heterocycles. The van der Waals surface area contributed by atoms with E-state index in [-0.39, 0.29) is 24.0 Å². The second-order valence-corrected chi connectivity index (χ2v) is 9.55. The van der Waals surface area contributed by atoms with E-state index >= 15 is 0 Å². The number of hydrogen-bond acceptors (Lipinski definition) is 3. The van der Waals surface area contributed by atoms with Crippen molar-refractivity contribution in [1.29, 1.82) is 0 Å². The Morgan fingerprint density at radius 2 is 1.92 bits per heavy atom. The van der Waals surface area contributed by atoms with Gasteiger partial charge in [-0.2, -0.15) is 0 Å². The van der Waals surface area contributed by atoms with Crippen LogP contribution in [0.3, 0.4) is 0 Å². The van der Waals surface area contributed by atoms with Crippen molar-refractivity contribution in [1.82, 2.24) is 15.4 Å². The number of guanidine groups is 1. The molecule has 0 saturated heterocycles. The molecule has 0 aromatic heterocycles. The van der Waals surface area contributed by atoms with E-state index in [2.05, 4.69) is 27.3 Å². The van der Waals surface area contributed by atoms with Crippen molar-refractivity contribution < 1.29 is 8.42 Å². The molecule has 150 valence electrons. The lowest BCUT2D eigenvalue weighted by Crippen LogP contribution is -2.47. The van der Waals surface area contributed by atoms with Gasteiger partial charge in [0.05, 0.1) is 12.8 Å². The van der Waals surface area contributed by atoms with Gasteiger partial charge in [-0.05, 0) is 45.4 Å². The van der Waals surface area contributed by atoms with Crippen LogP contribution in [-0.2, 0) is 10.0 Å². The minimum absolute atomic E-state index is 0. The van der Waals surface area contributed by atoms with Crippen molar-refractivity contribution in [3.63, 3.8) is 0 Å². The highest BCUT2D eigenvalue weighted by molar-refractivity contribution is 14.0. The average molecular weight is 488 g/mol. The summed E-state index contributed by atoms with van der Waals surface area (Å²) < 4.78 is 25.4. The van der Waals surface area contributed by atoms with E-state index in [0.29, 0.717) is 6.54 Å². The molecule has 25 heavy (non-hydrogen) atoms. The average Bonchev–Trinajstić information content (AvgIpc) is 2.42. The van der Waals surface area contributed by atoms with E-state index < -0.39 is 15.6 Å². The Morgan fingerprint density at radius 1 is 1.24 bits per heavy atom. The van der Waals surface area contributed by atoms with Crippen LogP contribution in [-0.4, -0.2) is 45.8 Å². The van der Waals surface area contributed by atoms with E-state index in [9.17, 15) is 8.42 Å². The fraction of sp³-hybridized carbons (Fsp3) is 0.941. The lowest BCUT2D eigenvalue weighted by molar-refractivity contribution is 0.270. The first kappa shape index (κ1) is 24.9. The summed E-state index contributed by atoms with van der Waals surface area (Å²) in [4.78, 5) is 4.53. The van der Waals surface area contributed by atoms with Crippen LogP contribution in [0.2, 0.25) is 0 Å². The smallest absolute Gasteiger partial charge is 0.209 e. The van der Waals surface area contributed by atoms with Crippen LogP contribution < -0.4 is 15.4 Å². The second kappa shape index (κ2) is 11.6. The van der Waals surface area contributed by atoms with Gasteiger partial charge in [0, 0.05) is 18.6 Å². The molecule has 0 aromatic carbocycles. The van der Waals surface area contributed by atoms with Crippen LogP contribution in [0.15, 0.2) is 4.99 Å². The molecule has 1 aliphatic carbocycles. The first-order valence-corrected chi connectivity index (χ1v) is 11.0. The Hall–Kier alpha value is -0.0900. The minimum Gasteiger partial charge on any atom is -0.357 e. The summed E-state index contributed by atoms with van der Waals surface area (Å²) in [6, 6.07) is 0. The van der Waals surface area contributed by atoms with Crippen LogP contribution in [0.25, 0.3) is 0 Å². The molecule has 1 saturated carbocycles. The maximum Gasteiger partial charge on any atom is 0.209 e. The molecule has 0 amide bonds. The topological polar surface area (TPSA) is 82.6 Å². The number of sulfonamides is 1. The second-order valence-electron chi connectivity index (χ2n) is 7.81. The van der Waals surface area contributed by atoms with Crippen molar-refractivity contribution in [3.8, 4) is 0 Å². The molecule has 1 aliphatic rings. The number of rotatable bonds is 8. The standard InChI is InChI=1S/C17H36N4O2S.HI/c1-6-18-16(20-13-17(3,4)21-24(5,22)23)19-11-10-15-9-7-8-14(2)12-15;/h14-15,21H,6-13H2,1-5H3,(H2,18,19,20);1H. The summed E-state index contributed by atoms with van der Waals surface area (Å²) in [5.74, 6) is 2.42. The highest BCUT2D eigenvalue weighted by Gasteiger charge is 2.22. The maximum absolute atomic E-state index is 11.4. The van der Waals surface area contributed by atoms with Gasteiger partial charge in [0.25, 0.3) is 0 Å². The number of aliphatic imine (C=N–C) groups is 1. The molecule has 2 atom stereocenters. The molecule has 3 N–H and O–H groups in total. The largest absolute Gasteiger partial charge is 0.357 e. The normalized spacial score (nSPS) is 22.2. The van der Waals surface area contributed by atoms with Gasteiger partial charge in [-0.1, -0.05) is 26.2 Å². The summed E-state index contributed by atoms with van der Waals surface area (Å²) in [6.07, 6.45) is 7.74. The molecule has 0 radical (unpaired) electrons. The lowest BCUT2D eigenvalue weighted by Gasteiger charge is -2.27. The van der Waals surface area contributed by atoms with Crippen molar-refractivity contribution in [2.45, 2.75) is 65.3 Å². The third-order valence-corrected chi connectivity index (χ3v) is 5.25. The highest BCUT2D eigenvalue weighted by Crippen LogP contribution is 2.30. The molecule has 6 nitrogen and oxygen atoms in total. The third kappa shape index (κ3) is 12.0. The van der Waals surface area contributed by atoms with Crippen LogP contribution in [0, 0.1) is 11.8 Å². The molecule has 0 spiro atoms. The third-order valence-electron chi connectivity index (χ3n) is 4.33. The molecule has 8 heteroatoms. The van der Waals surface area contributed by atoms with E-state index in [1.54, 1.807) is 0 Å². The Labute approximate surface area is 171 Å². The Kier molecular flexibility index (Phi) is 11.5. The monoisotopic (exact) mass is 488 g/mol. The fourth-order valence-corrected chi connectivity index (χ4v) is 4.44. The van der Waals surface area contributed by atoms with Gasteiger partial charge in [-0.15, -0.1) is 24.0 Å². The van der Waals surface area contributed by atoms with Crippen LogP contribution >= 0.6 is 24.0 Å². The van der Waals surface area contributed by atoms with Gasteiger partial charge >= 0.3 is 0 Å². The molecular weight excluding hydrogens is 451 g/mol. The van der Waals surface area contributed by atoms with E-state index in [1.807, 2.05) is 20.8 Å². The summed E-state index contributed by atoms with van der Waals surface area (Å²) in [5.41, 5.74) is -0.602. The number of halogens is 1. The van der Waals surface area contributed by atoms with Crippen molar-refractivity contribution in [3.05, 3.63) is 0 Å². The van der Waals surface area contributed by atoms with Gasteiger partial charge in [-0.3, -0.25) is 4.99 Å². The highest BCUT2D eigenvalue weighted by atomic mass is 127.